The van der Waals surface area contributed by atoms with Crippen molar-refractivity contribution in [2.45, 2.75) is 11.8 Å². The second kappa shape index (κ2) is 6.69. The van der Waals surface area contributed by atoms with E-state index in [0.717, 1.165) is 11.3 Å². The van der Waals surface area contributed by atoms with Crippen molar-refractivity contribution in [2.75, 3.05) is 11.3 Å². The van der Waals surface area contributed by atoms with E-state index in [1.54, 1.807) is 19.1 Å². The molecule has 25 heavy (non-hydrogen) atoms. The Balaban J connectivity index is 1.91. The molecule has 0 atom stereocenters. The number of aromatic nitrogens is 1. The van der Waals surface area contributed by atoms with Crippen LogP contribution < -0.4 is 9.60 Å². The third-order valence-corrected chi connectivity index (χ3v) is 5.55. The minimum Gasteiger partial charge on any atom is -0.462 e. The number of nitrogens with one attached hydrogen (secondary N) is 2. The SMILES string of the molecule is CCOC(=O)c1cccc(NS(=O)(=O)c2ccc3[nH]c(=O)sc3c2)c1. The van der Waals surface area contributed by atoms with Gasteiger partial charge in [0.2, 0.25) is 0 Å². The van der Waals surface area contributed by atoms with E-state index in [2.05, 4.69) is 9.71 Å². The molecule has 3 rings (SSSR count). The summed E-state index contributed by atoms with van der Waals surface area (Å²) in [5.41, 5.74) is 1.08. The minimum atomic E-state index is -3.86. The maximum atomic E-state index is 12.5. The van der Waals surface area contributed by atoms with Crippen LogP contribution in [-0.4, -0.2) is 26.0 Å². The first kappa shape index (κ1) is 17.2. The Kier molecular flexibility index (Phi) is 4.60. The van der Waals surface area contributed by atoms with Crippen molar-refractivity contribution in [1.82, 2.24) is 4.98 Å². The van der Waals surface area contributed by atoms with E-state index < -0.39 is 16.0 Å². The van der Waals surface area contributed by atoms with Gasteiger partial charge in [-0.1, -0.05) is 17.4 Å². The highest BCUT2D eigenvalue weighted by atomic mass is 32.2. The number of carbonyl (C=O) groups excluding carboxylic acids is 1. The number of ether oxygens (including phenoxy) is 1. The molecule has 2 N–H and O–H groups in total. The van der Waals surface area contributed by atoms with E-state index in [1.807, 2.05) is 0 Å². The molecular formula is C16H14N2O5S2. The Morgan fingerprint density at radius 2 is 2.04 bits per heavy atom. The van der Waals surface area contributed by atoms with Crippen molar-refractivity contribution < 1.29 is 17.9 Å². The highest BCUT2D eigenvalue weighted by Crippen LogP contribution is 2.22. The quantitative estimate of drug-likeness (QED) is 0.664. The lowest BCUT2D eigenvalue weighted by Gasteiger charge is -2.09. The van der Waals surface area contributed by atoms with Gasteiger partial charge in [0, 0.05) is 5.69 Å². The zero-order chi connectivity index (χ0) is 18.0. The molecule has 0 spiro atoms. The van der Waals surface area contributed by atoms with Crippen LogP contribution in [0.15, 0.2) is 52.2 Å². The molecule has 3 aromatic rings. The van der Waals surface area contributed by atoms with E-state index in [0.29, 0.717) is 10.2 Å². The monoisotopic (exact) mass is 378 g/mol. The fourth-order valence-electron chi connectivity index (χ4n) is 2.23. The maximum absolute atomic E-state index is 12.5. The third kappa shape index (κ3) is 3.72. The number of hydrogen-bond acceptors (Lipinski definition) is 6. The lowest BCUT2D eigenvalue weighted by Crippen LogP contribution is -2.13. The molecule has 0 bridgehead atoms. The van der Waals surface area contributed by atoms with Crippen molar-refractivity contribution in [3.63, 3.8) is 0 Å². The molecule has 0 aliphatic carbocycles. The van der Waals surface area contributed by atoms with Gasteiger partial charge < -0.3 is 9.72 Å². The molecule has 130 valence electrons. The van der Waals surface area contributed by atoms with Crippen LogP contribution >= 0.6 is 11.3 Å². The topological polar surface area (TPSA) is 105 Å². The average Bonchev–Trinajstić information content (AvgIpc) is 2.94. The molecule has 9 heteroatoms. The fourth-order valence-corrected chi connectivity index (χ4v) is 4.16. The maximum Gasteiger partial charge on any atom is 0.338 e. The second-order valence-corrected chi connectivity index (χ2v) is 7.78. The summed E-state index contributed by atoms with van der Waals surface area (Å²) in [6.45, 7) is 1.92. The number of carbonyl (C=O) groups is 1. The van der Waals surface area contributed by atoms with Crippen LogP contribution in [0.25, 0.3) is 10.2 Å². The van der Waals surface area contributed by atoms with Crippen molar-refractivity contribution in [3.8, 4) is 0 Å². The summed E-state index contributed by atoms with van der Waals surface area (Å²) >= 11 is 0.936. The Labute approximate surface area is 147 Å². The highest BCUT2D eigenvalue weighted by molar-refractivity contribution is 7.92. The predicted octanol–water partition coefficient (Wildman–Crippen LogP) is 2.57. The largest absolute Gasteiger partial charge is 0.462 e. The number of H-pyrrole nitrogens is 1. The number of benzene rings is 2. The molecule has 0 amide bonds. The van der Waals surface area contributed by atoms with Gasteiger partial charge in [0.05, 0.1) is 27.3 Å². The smallest absolute Gasteiger partial charge is 0.338 e. The van der Waals surface area contributed by atoms with Gasteiger partial charge in [-0.15, -0.1) is 0 Å². The first-order valence-electron chi connectivity index (χ1n) is 7.32. The Morgan fingerprint density at radius 3 is 2.80 bits per heavy atom. The van der Waals surface area contributed by atoms with E-state index in [-0.39, 0.29) is 27.6 Å². The molecule has 0 unspecified atom stereocenters. The molecule has 1 heterocycles. The van der Waals surface area contributed by atoms with Crippen LogP contribution in [-0.2, 0) is 14.8 Å². The van der Waals surface area contributed by atoms with Crippen molar-refractivity contribution in [3.05, 3.63) is 57.7 Å². The van der Waals surface area contributed by atoms with Gasteiger partial charge in [0.25, 0.3) is 10.0 Å². The Hall–Kier alpha value is -2.65. The van der Waals surface area contributed by atoms with Crippen LogP contribution in [0.4, 0.5) is 5.69 Å². The third-order valence-electron chi connectivity index (χ3n) is 3.33. The van der Waals surface area contributed by atoms with Crippen molar-refractivity contribution >= 4 is 43.2 Å². The molecule has 0 saturated heterocycles. The number of anilines is 1. The van der Waals surface area contributed by atoms with Crippen LogP contribution in [0.1, 0.15) is 17.3 Å². The van der Waals surface area contributed by atoms with Gasteiger partial charge in [-0.25, -0.2) is 13.2 Å². The first-order chi connectivity index (χ1) is 11.9. The summed E-state index contributed by atoms with van der Waals surface area (Å²) in [7, 11) is -3.86. The summed E-state index contributed by atoms with van der Waals surface area (Å²) in [5.74, 6) is -0.526. The standard InChI is InChI=1S/C16H14N2O5S2/c1-2-23-15(19)10-4-3-5-11(8-10)18-25(21,22)12-6-7-13-14(9-12)24-16(20)17-13/h3-9,18H,2H2,1H3,(H,17,20). The van der Waals surface area contributed by atoms with Crippen LogP contribution in [0.5, 0.6) is 0 Å². The van der Waals surface area contributed by atoms with Crippen LogP contribution in [0, 0.1) is 0 Å². The molecular weight excluding hydrogens is 364 g/mol. The number of thiazole rings is 1. The van der Waals surface area contributed by atoms with Crippen molar-refractivity contribution in [2.24, 2.45) is 0 Å². The van der Waals surface area contributed by atoms with Gasteiger partial charge in [0.15, 0.2) is 0 Å². The molecule has 0 radical (unpaired) electrons. The number of rotatable bonds is 5. The minimum absolute atomic E-state index is 0.0248. The van der Waals surface area contributed by atoms with Crippen LogP contribution in [0.3, 0.4) is 0 Å². The Morgan fingerprint density at radius 1 is 1.24 bits per heavy atom. The van der Waals surface area contributed by atoms with Gasteiger partial charge in [-0.2, -0.15) is 0 Å². The van der Waals surface area contributed by atoms with Gasteiger partial charge in [-0.05, 0) is 43.3 Å². The number of fused-ring (bicyclic) bond motifs is 1. The van der Waals surface area contributed by atoms with Gasteiger partial charge >= 0.3 is 10.8 Å². The normalized spacial score (nSPS) is 11.4. The average molecular weight is 378 g/mol. The summed E-state index contributed by atoms with van der Waals surface area (Å²) in [4.78, 5) is 25.5. The van der Waals surface area contributed by atoms with E-state index in [1.165, 1.54) is 30.3 Å². The van der Waals surface area contributed by atoms with E-state index in [9.17, 15) is 18.0 Å². The summed E-state index contributed by atoms with van der Waals surface area (Å²) < 4.78 is 33.0. The highest BCUT2D eigenvalue weighted by Gasteiger charge is 2.16. The molecule has 2 aromatic carbocycles. The molecule has 0 aliphatic rings. The lowest BCUT2D eigenvalue weighted by atomic mass is 10.2. The summed E-state index contributed by atoms with van der Waals surface area (Å²) in [5, 5.41) is 0. The fraction of sp³-hybridized carbons (Fsp3) is 0.125. The zero-order valence-electron chi connectivity index (χ0n) is 13.1. The van der Waals surface area contributed by atoms with Gasteiger partial charge in [-0.3, -0.25) is 9.52 Å². The molecule has 7 nitrogen and oxygen atoms in total. The molecule has 0 aliphatic heterocycles. The van der Waals surface area contributed by atoms with Crippen LogP contribution in [0.2, 0.25) is 0 Å². The zero-order valence-corrected chi connectivity index (χ0v) is 14.7. The van der Waals surface area contributed by atoms with E-state index >= 15 is 0 Å². The summed E-state index contributed by atoms with van der Waals surface area (Å²) in [6, 6.07) is 10.4. The Bertz CT molecular complexity index is 1100. The number of sulfonamides is 1. The predicted molar refractivity (Wildman–Crippen MR) is 95.7 cm³/mol. The lowest BCUT2D eigenvalue weighted by molar-refractivity contribution is 0.0526. The molecule has 0 fully saturated rings. The number of hydrogen-bond donors (Lipinski definition) is 2. The van der Waals surface area contributed by atoms with Gasteiger partial charge in [0.1, 0.15) is 0 Å². The van der Waals surface area contributed by atoms with Crippen molar-refractivity contribution in [1.29, 1.82) is 0 Å². The second-order valence-electron chi connectivity index (χ2n) is 5.08. The molecule has 0 saturated carbocycles. The number of esters is 1. The van der Waals surface area contributed by atoms with E-state index in [4.69, 9.17) is 4.74 Å². The summed E-state index contributed by atoms with van der Waals surface area (Å²) in [6.07, 6.45) is 0. The number of aromatic amines is 1. The first-order valence-corrected chi connectivity index (χ1v) is 9.62. The molecule has 1 aromatic heterocycles.